The first-order valence-corrected chi connectivity index (χ1v) is 19.0. The second kappa shape index (κ2) is 31.4. The standard InChI is InChI=1S/C33H67O9P/c1-3-5-7-9-11-13-15-16-18-20-22-24-26-39-29-32(30-41-43(37,38)40-28-31(35)27-34)42-33(36)25-23-21-19-17-14-12-10-8-6-4-2/h31-32,34-35H,3-30H2,1-2H3,(H,37,38). The maximum absolute atomic E-state index is 12.5. The molecule has 0 aromatic heterocycles. The van der Waals surface area contributed by atoms with Crippen molar-refractivity contribution in [2.75, 3.05) is 33.0 Å². The van der Waals surface area contributed by atoms with Gasteiger partial charge in [-0.1, -0.05) is 142 Å². The van der Waals surface area contributed by atoms with Crippen LogP contribution in [0.4, 0.5) is 0 Å². The summed E-state index contributed by atoms with van der Waals surface area (Å²) in [5, 5.41) is 18.2. The molecule has 3 N–H and O–H groups in total. The zero-order valence-electron chi connectivity index (χ0n) is 27.7. The minimum absolute atomic E-state index is 0.0566. The zero-order valence-corrected chi connectivity index (χ0v) is 28.6. The van der Waals surface area contributed by atoms with Gasteiger partial charge < -0.3 is 24.6 Å². The summed E-state index contributed by atoms with van der Waals surface area (Å²) in [6.07, 6.45) is 24.9. The fourth-order valence-corrected chi connectivity index (χ4v) is 5.61. The van der Waals surface area contributed by atoms with E-state index in [0.29, 0.717) is 6.61 Å². The SMILES string of the molecule is CCCCCCCCCCCCCCOCC(COP(=O)(O)OCC(O)CO)OC(=O)CCCCCCCCCCCC. The normalized spacial score (nSPS) is 14.4. The molecule has 0 aliphatic carbocycles. The van der Waals surface area contributed by atoms with E-state index in [-0.39, 0.29) is 25.6 Å². The lowest BCUT2D eigenvalue weighted by molar-refractivity contribution is -0.154. The van der Waals surface area contributed by atoms with Gasteiger partial charge in [0.25, 0.3) is 0 Å². The molecule has 0 fully saturated rings. The molecule has 258 valence electrons. The van der Waals surface area contributed by atoms with Crippen LogP contribution in [-0.2, 0) is 27.9 Å². The van der Waals surface area contributed by atoms with E-state index in [1.165, 1.54) is 109 Å². The van der Waals surface area contributed by atoms with Gasteiger partial charge in [0.2, 0.25) is 0 Å². The number of hydrogen-bond acceptors (Lipinski definition) is 8. The first-order valence-electron chi connectivity index (χ1n) is 17.5. The molecule has 0 heterocycles. The van der Waals surface area contributed by atoms with E-state index >= 15 is 0 Å². The van der Waals surface area contributed by atoms with Gasteiger partial charge >= 0.3 is 13.8 Å². The van der Waals surface area contributed by atoms with E-state index in [2.05, 4.69) is 13.8 Å². The number of unbranched alkanes of at least 4 members (excludes halogenated alkanes) is 20. The Morgan fingerprint density at radius 2 is 1.05 bits per heavy atom. The van der Waals surface area contributed by atoms with Crippen LogP contribution in [-0.4, -0.2) is 66.3 Å². The maximum atomic E-state index is 12.5. The van der Waals surface area contributed by atoms with E-state index in [1.54, 1.807) is 0 Å². The lowest BCUT2D eigenvalue weighted by Gasteiger charge is -2.20. The average Bonchev–Trinajstić information content (AvgIpc) is 2.99. The van der Waals surface area contributed by atoms with Crippen LogP contribution in [0.3, 0.4) is 0 Å². The molecule has 0 aromatic carbocycles. The third kappa shape index (κ3) is 31.2. The van der Waals surface area contributed by atoms with Gasteiger partial charge in [-0.25, -0.2) is 4.57 Å². The number of aliphatic hydroxyl groups is 2. The number of esters is 1. The van der Waals surface area contributed by atoms with Crippen LogP contribution in [0, 0.1) is 0 Å². The third-order valence-corrected chi connectivity index (χ3v) is 8.49. The van der Waals surface area contributed by atoms with Gasteiger partial charge in [0.05, 0.1) is 26.4 Å². The highest BCUT2D eigenvalue weighted by atomic mass is 31.2. The average molecular weight is 639 g/mol. The van der Waals surface area contributed by atoms with Crippen LogP contribution >= 0.6 is 7.82 Å². The lowest BCUT2D eigenvalue weighted by Crippen LogP contribution is -2.29. The Bertz CT molecular complexity index is 650. The van der Waals surface area contributed by atoms with Crippen molar-refractivity contribution in [2.45, 2.75) is 174 Å². The van der Waals surface area contributed by atoms with Crippen molar-refractivity contribution in [3.8, 4) is 0 Å². The predicted molar refractivity (Wildman–Crippen MR) is 173 cm³/mol. The van der Waals surface area contributed by atoms with Crippen molar-refractivity contribution >= 4 is 13.8 Å². The Morgan fingerprint density at radius 3 is 1.51 bits per heavy atom. The second-order valence-electron chi connectivity index (χ2n) is 11.9. The topological polar surface area (TPSA) is 132 Å². The molecule has 9 nitrogen and oxygen atoms in total. The highest BCUT2D eigenvalue weighted by Gasteiger charge is 2.26. The molecule has 0 radical (unpaired) electrons. The number of carbonyl (C=O) groups is 1. The molecule has 10 heteroatoms. The highest BCUT2D eigenvalue weighted by molar-refractivity contribution is 7.47. The third-order valence-electron chi connectivity index (χ3n) is 7.54. The van der Waals surface area contributed by atoms with E-state index in [9.17, 15) is 19.4 Å². The quantitative estimate of drug-likeness (QED) is 0.0361. The maximum Gasteiger partial charge on any atom is 0.472 e. The Morgan fingerprint density at radius 1 is 0.628 bits per heavy atom. The van der Waals surface area contributed by atoms with Crippen molar-refractivity contribution in [3.63, 3.8) is 0 Å². The zero-order chi connectivity index (χ0) is 31.9. The van der Waals surface area contributed by atoms with Crippen LogP contribution in [0.25, 0.3) is 0 Å². The van der Waals surface area contributed by atoms with Gasteiger partial charge in [-0.15, -0.1) is 0 Å². The van der Waals surface area contributed by atoms with Gasteiger partial charge in [-0.05, 0) is 12.8 Å². The molecule has 0 spiro atoms. The number of aliphatic hydroxyl groups excluding tert-OH is 2. The number of ether oxygens (including phenoxy) is 2. The molecule has 0 bridgehead atoms. The van der Waals surface area contributed by atoms with Gasteiger partial charge in [-0.2, -0.15) is 0 Å². The molecule has 0 amide bonds. The molecule has 0 saturated carbocycles. The Hall–Kier alpha value is -0.540. The summed E-state index contributed by atoms with van der Waals surface area (Å²) in [6, 6.07) is 0. The molecule has 0 aromatic rings. The van der Waals surface area contributed by atoms with Crippen LogP contribution in [0.1, 0.15) is 162 Å². The smallest absolute Gasteiger partial charge is 0.457 e. The van der Waals surface area contributed by atoms with Gasteiger partial charge in [0, 0.05) is 13.0 Å². The summed E-state index contributed by atoms with van der Waals surface area (Å²) < 4.78 is 33.1. The van der Waals surface area contributed by atoms with Crippen molar-refractivity contribution in [3.05, 3.63) is 0 Å². The summed E-state index contributed by atoms with van der Waals surface area (Å²) in [5.41, 5.74) is 0. The molecular formula is C33H67O9P. The Labute approximate surface area is 263 Å². The summed E-state index contributed by atoms with van der Waals surface area (Å²) in [6.45, 7) is 3.51. The molecule has 0 saturated heterocycles. The van der Waals surface area contributed by atoms with Crippen LogP contribution in [0.5, 0.6) is 0 Å². The Kier molecular flexibility index (Phi) is 31.0. The number of phosphoric acid groups is 1. The molecule has 3 unspecified atom stereocenters. The number of hydrogen-bond donors (Lipinski definition) is 3. The van der Waals surface area contributed by atoms with Gasteiger partial charge in [-0.3, -0.25) is 13.8 Å². The molecular weight excluding hydrogens is 571 g/mol. The second-order valence-corrected chi connectivity index (χ2v) is 13.4. The van der Waals surface area contributed by atoms with Crippen LogP contribution in [0.15, 0.2) is 0 Å². The van der Waals surface area contributed by atoms with Crippen molar-refractivity contribution in [2.24, 2.45) is 0 Å². The molecule has 43 heavy (non-hydrogen) atoms. The summed E-state index contributed by atoms with van der Waals surface area (Å²) in [4.78, 5) is 22.3. The van der Waals surface area contributed by atoms with E-state index < -0.39 is 33.2 Å². The minimum atomic E-state index is -4.49. The molecule has 0 rings (SSSR count). The van der Waals surface area contributed by atoms with Crippen molar-refractivity contribution in [1.29, 1.82) is 0 Å². The predicted octanol–water partition coefficient (Wildman–Crippen LogP) is 8.41. The summed E-state index contributed by atoms with van der Waals surface area (Å²) in [5.74, 6) is -0.383. The summed E-state index contributed by atoms with van der Waals surface area (Å²) in [7, 11) is -4.49. The molecule has 0 aliphatic heterocycles. The minimum Gasteiger partial charge on any atom is -0.457 e. The van der Waals surface area contributed by atoms with E-state index in [1.807, 2.05) is 0 Å². The monoisotopic (exact) mass is 638 g/mol. The van der Waals surface area contributed by atoms with Crippen LogP contribution < -0.4 is 0 Å². The highest BCUT2D eigenvalue weighted by Crippen LogP contribution is 2.43. The summed E-state index contributed by atoms with van der Waals surface area (Å²) >= 11 is 0. The largest absolute Gasteiger partial charge is 0.472 e. The fraction of sp³-hybridized carbons (Fsp3) is 0.970. The van der Waals surface area contributed by atoms with E-state index in [0.717, 1.165) is 32.1 Å². The lowest BCUT2D eigenvalue weighted by atomic mass is 10.1. The van der Waals surface area contributed by atoms with Crippen molar-refractivity contribution < 1.29 is 43.0 Å². The van der Waals surface area contributed by atoms with E-state index in [4.69, 9.17) is 23.6 Å². The van der Waals surface area contributed by atoms with Gasteiger partial charge in [0.15, 0.2) is 0 Å². The molecule has 3 atom stereocenters. The van der Waals surface area contributed by atoms with Crippen LogP contribution in [0.2, 0.25) is 0 Å². The number of phosphoric ester groups is 1. The molecule has 0 aliphatic rings. The first kappa shape index (κ1) is 42.5. The van der Waals surface area contributed by atoms with Crippen molar-refractivity contribution in [1.82, 2.24) is 0 Å². The van der Waals surface area contributed by atoms with Gasteiger partial charge in [0.1, 0.15) is 12.2 Å². The Balaban J connectivity index is 4.24. The number of rotatable bonds is 34. The first-order chi connectivity index (χ1) is 20.8. The number of carbonyl (C=O) groups excluding carboxylic acids is 1. The fourth-order valence-electron chi connectivity index (χ4n) is 4.83.